The van der Waals surface area contributed by atoms with Gasteiger partial charge in [0.15, 0.2) is 0 Å². The molecule has 2 rings (SSSR count). The Morgan fingerprint density at radius 1 is 1.35 bits per heavy atom. The second-order valence-electron chi connectivity index (χ2n) is 4.30. The highest BCUT2D eigenvalue weighted by atomic mass is 79.9. The summed E-state index contributed by atoms with van der Waals surface area (Å²) in [7, 11) is 1.64. The molecule has 0 atom stereocenters. The molecule has 0 aliphatic heterocycles. The molecule has 0 saturated carbocycles. The van der Waals surface area contributed by atoms with Gasteiger partial charge >= 0.3 is 0 Å². The van der Waals surface area contributed by atoms with Crippen LogP contribution < -0.4 is 10.1 Å². The Labute approximate surface area is 126 Å². The first-order valence-electron chi connectivity index (χ1n) is 6.08. The van der Waals surface area contributed by atoms with Crippen LogP contribution >= 0.6 is 15.9 Å². The summed E-state index contributed by atoms with van der Waals surface area (Å²) in [5, 5.41) is 12.2. The minimum Gasteiger partial charge on any atom is -0.496 e. The van der Waals surface area contributed by atoms with E-state index in [4.69, 9.17) is 10.00 Å². The molecule has 0 amide bonds. The SMILES string of the molecule is COc1ccc(CNc2ccc(C)c(C#N)n2)cc1Br. The van der Waals surface area contributed by atoms with Crippen LogP contribution in [0.5, 0.6) is 5.75 Å². The van der Waals surface area contributed by atoms with Crippen molar-refractivity contribution in [3.63, 3.8) is 0 Å². The number of hydrogen-bond donors (Lipinski definition) is 1. The molecule has 0 unspecified atom stereocenters. The van der Waals surface area contributed by atoms with Gasteiger partial charge in [0.25, 0.3) is 0 Å². The van der Waals surface area contributed by atoms with Crippen LogP contribution in [0.2, 0.25) is 0 Å². The summed E-state index contributed by atoms with van der Waals surface area (Å²) in [5.41, 5.74) is 2.43. The molecule has 1 N–H and O–H groups in total. The summed E-state index contributed by atoms with van der Waals surface area (Å²) in [6, 6.07) is 11.7. The molecule has 5 heteroatoms. The zero-order valence-corrected chi connectivity index (χ0v) is 12.9. The third-order valence-electron chi connectivity index (χ3n) is 2.89. The van der Waals surface area contributed by atoms with Crippen LogP contribution in [0, 0.1) is 18.3 Å². The number of halogens is 1. The molecule has 0 fully saturated rings. The van der Waals surface area contributed by atoms with Gasteiger partial charge in [-0.15, -0.1) is 0 Å². The standard InChI is InChI=1S/C15H14BrN3O/c1-10-3-6-15(19-13(10)8-17)18-9-11-4-5-14(20-2)12(16)7-11/h3-7H,9H2,1-2H3,(H,18,19). The maximum atomic E-state index is 8.96. The number of pyridine rings is 1. The zero-order valence-electron chi connectivity index (χ0n) is 11.3. The number of aromatic nitrogens is 1. The summed E-state index contributed by atoms with van der Waals surface area (Å²) in [5.74, 6) is 1.49. The van der Waals surface area contributed by atoms with Gasteiger partial charge in [-0.3, -0.25) is 0 Å². The molecule has 0 aliphatic carbocycles. The Bertz CT molecular complexity index is 665. The van der Waals surface area contributed by atoms with Crippen LogP contribution in [0.4, 0.5) is 5.82 Å². The Morgan fingerprint density at radius 3 is 2.80 bits per heavy atom. The second-order valence-corrected chi connectivity index (χ2v) is 5.15. The summed E-state index contributed by atoms with van der Waals surface area (Å²) in [6.45, 7) is 2.50. The first-order valence-corrected chi connectivity index (χ1v) is 6.87. The van der Waals surface area contributed by atoms with Crippen molar-refractivity contribution in [3.8, 4) is 11.8 Å². The topological polar surface area (TPSA) is 57.9 Å². The Balaban J connectivity index is 2.09. The Kier molecular flexibility index (Phi) is 4.59. The quantitative estimate of drug-likeness (QED) is 0.929. The van der Waals surface area contributed by atoms with Gasteiger partial charge in [0.2, 0.25) is 0 Å². The van der Waals surface area contributed by atoms with E-state index in [2.05, 4.69) is 32.3 Å². The van der Waals surface area contributed by atoms with Crippen LogP contribution in [-0.2, 0) is 6.54 Å². The van der Waals surface area contributed by atoms with E-state index in [1.807, 2.05) is 37.3 Å². The molecule has 20 heavy (non-hydrogen) atoms. The Hall–Kier alpha value is -2.06. The van der Waals surface area contributed by atoms with Crippen LogP contribution in [0.3, 0.4) is 0 Å². The number of ether oxygens (including phenoxy) is 1. The van der Waals surface area contributed by atoms with Crippen molar-refractivity contribution in [1.29, 1.82) is 5.26 Å². The normalized spacial score (nSPS) is 9.90. The fourth-order valence-electron chi connectivity index (χ4n) is 1.75. The van der Waals surface area contributed by atoms with Gasteiger partial charge in [-0.05, 0) is 52.2 Å². The molecular formula is C15H14BrN3O. The molecule has 0 bridgehead atoms. The Morgan fingerprint density at radius 2 is 2.15 bits per heavy atom. The fraction of sp³-hybridized carbons (Fsp3) is 0.200. The highest BCUT2D eigenvalue weighted by Gasteiger charge is 2.03. The number of nitriles is 1. The van der Waals surface area contributed by atoms with E-state index in [0.29, 0.717) is 18.1 Å². The van der Waals surface area contributed by atoms with Gasteiger partial charge in [-0.2, -0.15) is 5.26 Å². The zero-order chi connectivity index (χ0) is 14.5. The fourth-order valence-corrected chi connectivity index (χ4v) is 2.34. The molecule has 102 valence electrons. The lowest BCUT2D eigenvalue weighted by Crippen LogP contribution is -2.03. The lowest BCUT2D eigenvalue weighted by molar-refractivity contribution is 0.412. The van der Waals surface area contributed by atoms with Crippen LogP contribution in [0.1, 0.15) is 16.8 Å². The smallest absolute Gasteiger partial charge is 0.145 e. The summed E-state index contributed by atoms with van der Waals surface area (Å²) in [4.78, 5) is 4.25. The average molecular weight is 332 g/mol. The van der Waals surface area contributed by atoms with Crippen molar-refractivity contribution >= 4 is 21.7 Å². The number of rotatable bonds is 4. The van der Waals surface area contributed by atoms with E-state index in [1.54, 1.807) is 7.11 Å². The third-order valence-corrected chi connectivity index (χ3v) is 3.51. The van der Waals surface area contributed by atoms with E-state index in [0.717, 1.165) is 21.3 Å². The minimum absolute atomic E-state index is 0.450. The van der Waals surface area contributed by atoms with Crippen molar-refractivity contribution in [3.05, 3.63) is 51.6 Å². The van der Waals surface area contributed by atoms with E-state index < -0.39 is 0 Å². The molecule has 1 aromatic carbocycles. The maximum absolute atomic E-state index is 8.96. The number of aryl methyl sites for hydroxylation is 1. The molecule has 2 aromatic rings. The van der Waals surface area contributed by atoms with E-state index >= 15 is 0 Å². The maximum Gasteiger partial charge on any atom is 0.145 e. The van der Waals surface area contributed by atoms with Crippen LogP contribution in [0.15, 0.2) is 34.8 Å². The predicted molar refractivity (Wildman–Crippen MR) is 81.7 cm³/mol. The summed E-state index contributed by atoms with van der Waals surface area (Å²) in [6.07, 6.45) is 0. The van der Waals surface area contributed by atoms with Crippen molar-refractivity contribution < 1.29 is 4.74 Å². The summed E-state index contributed by atoms with van der Waals surface area (Å²) < 4.78 is 6.10. The minimum atomic E-state index is 0.450. The lowest BCUT2D eigenvalue weighted by Gasteiger charge is -2.09. The van der Waals surface area contributed by atoms with Crippen molar-refractivity contribution in [2.45, 2.75) is 13.5 Å². The molecule has 4 nitrogen and oxygen atoms in total. The van der Waals surface area contributed by atoms with Crippen molar-refractivity contribution in [1.82, 2.24) is 4.98 Å². The lowest BCUT2D eigenvalue weighted by atomic mass is 10.2. The first-order chi connectivity index (χ1) is 9.63. The average Bonchev–Trinajstić information content (AvgIpc) is 2.46. The van der Waals surface area contributed by atoms with Gasteiger partial charge in [0.1, 0.15) is 23.3 Å². The second kappa shape index (κ2) is 6.40. The van der Waals surface area contributed by atoms with E-state index in [1.165, 1.54) is 0 Å². The van der Waals surface area contributed by atoms with Gasteiger partial charge in [0.05, 0.1) is 11.6 Å². The van der Waals surface area contributed by atoms with Crippen LogP contribution in [-0.4, -0.2) is 12.1 Å². The number of methoxy groups -OCH3 is 1. The number of nitrogens with zero attached hydrogens (tertiary/aromatic N) is 2. The van der Waals surface area contributed by atoms with Gasteiger partial charge in [-0.25, -0.2) is 4.98 Å². The van der Waals surface area contributed by atoms with E-state index in [-0.39, 0.29) is 0 Å². The van der Waals surface area contributed by atoms with E-state index in [9.17, 15) is 0 Å². The van der Waals surface area contributed by atoms with Crippen molar-refractivity contribution in [2.75, 3.05) is 12.4 Å². The summed E-state index contributed by atoms with van der Waals surface area (Å²) >= 11 is 3.45. The van der Waals surface area contributed by atoms with Gasteiger partial charge < -0.3 is 10.1 Å². The molecule has 1 heterocycles. The van der Waals surface area contributed by atoms with Crippen molar-refractivity contribution in [2.24, 2.45) is 0 Å². The highest BCUT2D eigenvalue weighted by molar-refractivity contribution is 9.10. The molecule has 0 saturated heterocycles. The van der Waals surface area contributed by atoms with Gasteiger partial charge in [-0.1, -0.05) is 12.1 Å². The first kappa shape index (κ1) is 14.4. The molecular weight excluding hydrogens is 318 g/mol. The monoisotopic (exact) mass is 331 g/mol. The number of anilines is 1. The number of benzene rings is 1. The molecule has 0 aliphatic rings. The largest absolute Gasteiger partial charge is 0.496 e. The third kappa shape index (κ3) is 3.28. The highest BCUT2D eigenvalue weighted by Crippen LogP contribution is 2.25. The number of nitrogens with one attached hydrogen (secondary N) is 1. The molecule has 1 aromatic heterocycles. The molecule has 0 spiro atoms. The van der Waals surface area contributed by atoms with Gasteiger partial charge in [0, 0.05) is 6.54 Å². The number of hydrogen-bond acceptors (Lipinski definition) is 4. The molecule has 0 radical (unpaired) electrons. The van der Waals surface area contributed by atoms with Crippen LogP contribution in [0.25, 0.3) is 0 Å². The predicted octanol–water partition coefficient (Wildman–Crippen LogP) is 3.64.